The van der Waals surface area contributed by atoms with E-state index in [1.54, 1.807) is 0 Å². The lowest BCUT2D eigenvalue weighted by Crippen LogP contribution is -2.28. The molecule has 1 aromatic heterocycles. The largest absolute Gasteiger partial charge is 0.306 e. The Morgan fingerprint density at radius 2 is 1.89 bits per heavy atom. The lowest BCUT2D eigenvalue weighted by atomic mass is 10.1. The summed E-state index contributed by atoms with van der Waals surface area (Å²) in [7, 11) is 0. The average molecular weight is 282 g/mol. The number of thiazole rings is 1. The van der Waals surface area contributed by atoms with Crippen molar-refractivity contribution >= 4 is 11.3 Å². The van der Waals surface area contributed by atoms with Crippen LogP contribution in [0, 0.1) is 0 Å². The van der Waals surface area contributed by atoms with Crippen LogP contribution in [0.15, 0.2) is 5.38 Å². The van der Waals surface area contributed by atoms with Crippen LogP contribution in [0.2, 0.25) is 0 Å². The molecule has 0 aliphatic rings. The molecule has 3 heteroatoms. The second-order valence-electron chi connectivity index (χ2n) is 5.99. The molecule has 0 amide bonds. The van der Waals surface area contributed by atoms with Crippen molar-refractivity contribution in [1.29, 1.82) is 0 Å². The Morgan fingerprint density at radius 3 is 2.42 bits per heavy atom. The molecule has 0 radical (unpaired) electrons. The fourth-order valence-corrected chi connectivity index (χ4v) is 3.26. The highest BCUT2D eigenvalue weighted by Crippen LogP contribution is 2.26. The summed E-state index contributed by atoms with van der Waals surface area (Å²) in [5.41, 5.74) is 1.24. The summed E-state index contributed by atoms with van der Waals surface area (Å²) in [6, 6.07) is 0.955. The smallest absolute Gasteiger partial charge is 0.110 e. The van der Waals surface area contributed by atoms with Gasteiger partial charge >= 0.3 is 0 Å². The van der Waals surface area contributed by atoms with Gasteiger partial charge in [0.25, 0.3) is 0 Å². The van der Waals surface area contributed by atoms with E-state index >= 15 is 0 Å². The number of nitrogens with zero attached hydrogens (tertiary/aromatic N) is 1. The van der Waals surface area contributed by atoms with Crippen LogP contribution < -0.4 is 5.32 Å². The summed E-state index contributed by atoms with van der Waals surface area (Å²) in [6.07, 6.45) is 6.51. The third kappa shape index (κ3) is 6.05. The zero-order valence-electron chi connectivity index (χ0n) is 13.2. The summed E-state index contributed by atoms with van der Waals surface area (Å²) in [6.45, 7) is 11.1. The Kier molecular flexibility index (Phi) is 7.62. The van der Waals surface area contributed by atoms with Crippen LogP contribution in [-0.2, 0) is 0 Å². The minimum absolute atomic E-state index is 0.439. The first kappa shape index (κ1) is 16.6. The number of nitrogens with one attached hydrogen (secondary N) is 1. The molecule has 1 heterocycles. The molecule has 1 aromatic rings. The zero-order chi connectivity index (χ0) is 14.3. The van der Waals surface area contributed by atoms with Crippen molar-refractivity contribution in [3.05, 3.63) is 16.1 Å². The molecule has 0 saturated heterocycles. The van der Waals surface area contributed by atoms with Gasteiger partial charge in [0.15, 0.2) is 0 Å². The van der Waals surface area contributed by atoms with Crippen LogP contribution in [0.25, 0.3) is 0 Å². The Balaban J connectivity index is 2.60. The summed E-state index contributed by atoms with van der Waals surface area (Å²) >= 11 is 1.82. The Bertz CT molecular complexity index is 344. The fraction of sp³-hybridized carbons (Fsp3) is 0.812. The highest BCUT2D eigenvalue weighted by molar-refractivity contribution is 7.09. The van der Waals surface area contributed by atoms with Crippen molar-refractivity contribution in [2.24, 2.45) is 0 Å². The van der Waals surface area contributed by atoms with Gasteiger partial charge in [-0.25, -0.2) is 4.98 Å². The molecule has 110 valence electrons. The van der Waals surface area contributed by atoms with Crippen molar-refractivity contribution in [2.45, 2.75) is 84.7 Å². The lowest BCUT2D eigenvalue weighted by molar-refractivity contribution is 0.431. The lowest BCUT2D eigenvalue weighted by Gasteiger charge is -2.19. The first-order chi connectivity index (χ1) is 9.04. The van der Waals surface area contributed by atoms with Gasteiger partial charge in [0, 0.05) is 11.4 Å². The summed E-state index contributed by atoms with van der Waals surface area (Å²) in [4.78, 5) is 4.82. The summed E-state index contributed by atoms with van der Waals surface area (Å²) in [5.74, 6) is 0.532. The van der Waals surface area contributed by atoms with Crippen LogP contribution in [-0.4, -0.2) is 11.0 Å². The molecule has 0 aliphatic heterocycles. The Hall–Kier alpha value is -0.410. The summed E-state index contributed by atoms with van der Waals surface area (Å²) in [5, 5.41) is 7.17. The fourth-order valence-electron chi connectivity index (χ4n) is 2.18. The van der Waals surface area contributed by atoms with Crippen LogP contribution in [0.5, 0.6) is 0 Å². The van der Waals surface area contributed by atoms with E-state index in [1.807, 2.05) is 11.3 Å². The van der Waals surface area contributed by atoms with Gasteiger partial charge in [-0.15, -0.1) is 11.3 Å². The predicted molar refractivity (Wildman–Crippen MR) is 86.0 cm³/mol. The molecule has 0 fully saturated rings. The molecule has 1 unspecified atom stereocenters. The van der Waals surface area contributed by atoms with Gasteiger partial charge in [0.05, 0.1) is 11.7 Å². The maximum Gasteiger partial charge on any atom is 0.110 e. The molecule has 0 saturated carbocycles. The molecule has 19 heavy (non-hydrogen) atoms. The van der Waals surface area contributed by atoms with E-state index in [0.717, 1.165) is 0 Å². The second kappa shape index (κ2) is 8.70. The molecule has 0 aromatic carbocycles. The second-order valence-corrected chi connectivity index (χ2v) is 6.88. The third-order valence-electron chi connectivity index (χ3n) is 3.31. The molecule has 0 spiro atoms. The van der Waals surface area contributed by atoms with E-state index in [1.165, 1.54) is 42.8 Å². The highest BCUT2D eigenvalue weighted by Gasteiger charge is 2.17. The van der Waals surface area contributed by atoms with Crippen molar-refractivity contribution in [2.75, 3.05) is 0 Å². The van der Waals surface area contributed by atoms with Gasteiger partial charge in [-0.2, -0.15) is 0 Å². The average Bonchev–Trinajstić information content (AvgIpc) is 2.82. The Labute approximate surface area is 123 Å². The van der Waals surface area contributed by atoms with E-state index in [4.69, 9.17) is 4.98 Å². The number of aromatic nitrogens is 1. The minimum Gasteiger partial charge on any atom is -0.306 e. The molecule has 2 nitrogen and oxygen atoms in total. The molecular weight excluding hydrogens is 252 g/mol. The van der Waals surface area contributed by atoms with Gasteiger partial charge in [0.2, 0.25) is 0 Å². The number of unbranched alkanes of at least 4 members (excludes halogenated alkanes) is 3. The molecule has 1 atom stereocenters. The van der Waals surface area contributed by atoms with Crippen molar-refractivity contribution < 1.29 is 0 Å². The van der Waals surface area contributed by atoms with Gasteiger partial charge in [-0.1, -0.05) is 60.3 Å². The van der Waals surface area contributed by atoms with Crippen molar-refractivity contribution in [1.82, 2.24) is 10.3 Å². The van der Waals surface area contributed by atoms with Crippen LogP contribution in [0.3, 0.4) is 0 Å². The van der Waals surface area contributed by atoms with E-state index < -0.39 is 0 Å². The van der Waals surface area contributed by atoms with E-state index in [2.05, 4.69) is 45.3 Å². The van der Waals surface area contributed by atoms with Crippen LogP contribution in [0.1, 0.15) is 89.4 Å². The van der Waals surface area contributed by atoms with E-state index in [0.29, 0.717) is 18.0 Å². The van der Waals surface area contributed by atoms with Crippen molar-refractivity contribution in [3.63, 3.8) is 0 Å². The molecule has 1 N–H and O–H groups in total. The SMILES string of the molecule is CCCCCCC(NC(C)C)c1nc(C(C)C)cs1. The molecule has 0 aliphatic carbocycles. The normalized spacial score (nSPS) is 13.4. The van der Waals surface area contributed by atoms with Crippen LogP contribution in [0.4, 0.5) is 0 Å². The number of hydrogen-bond acceptors (Lipinski definition) is 3. The molecule has 1 rings (SSSR count). The highest BCUT2D eigenvalue weighted by atomic mass is 32.1. The first-order valence-electron chi connectivity index (χ1n) is 7.76. The van der Waals surface area contributed by atoms with Gasteiger partial charge in [0.1, 0.15) is 5.01 Å². The number of rotatable bonds is 9. The van der Waals surface area contributed by atoms with Gasteiger partial charge < -0.3 is 5.32 Å². The standard InChI is InChI=1S/C16H30N2S/c1-6-7-8-9-10-14(17-13(4)5)16-18-15(11-19-16)12(2)3/h11-14,17H,6-10H2,1-5H3. The van der Waals surface area contributed by atoms with Gasteiger partial charge in [-0.3, -0.25) is 0 Å². The van der Waals surface area contributed by atoms with E-state index in [9.17, 15) is 0 Å². The summed E-state index contributed by atoms with van der Waals surface area (Å²) < 4.78 is 0. The number of hydrogen-bond donors (Lipinski definition) is 1. The minimum atomic E-state index is 0.439. The first-order valence-corrected chi connectivity index (χ1v) is 8.63. The predicted octanol–water partition coefficient (Wildman–Crippen LogP) is 5.28. The topological polar surface area (TPSA) is 24.9 Å². The quantitative estimate of drug-likeness (QED) is 0.624. The third-order valence-corrected chi connectivity index (χ3v) is 4.29. The zero-order valence-corrected chi connectivity index (χ0v) is 14.0. The van der Waals surface area contributed by atoms with Crippen LogP contribution >= 0.6 is 11.3 Å². The maximum atomic E-state index is 4.82. The van der Waals surface area contributed by atoms with E-state index in [-0.39, 0.29) is 0 Å². The molecular formula is C16H30N2S. The maximum absolute atomic E-state index is 4.82. The monoisotopic (exact) mass is 282 g/mol. The molecule has 0 bridgehead atoms. The Morgan fingerprint density at radius 1 is 1.16 bits per heavy atom. The van der Waals surface area contributed by atoms with Crippen molar-refractivity contribution in [3.8, 4) is 0 Å². The van der Waals surface area contributed by atoms with Gasteiger partial charge in [-0.05, 0) is 12.3 Å².